The quantitative estimate of drug-likeness (QED) is 0.132. The third-order valence-corrected chi connectivity index (χ3v) is 13.9. The second-order valence-corrected chi connectivity index (χ2v) is 17.7. The highest BCUT2D eigenvalue weighted by atomic mass is 32.2. The Balaban J connectivity index is 0.824. The summed E-state index contributed by atoms with van der Waals surface area (Å²) in [6.45, 7) is 4.76. The zero-order valence-corrected chi connectivity index (χ0v) is 35.5. The molecule has 62 heavy (non-hydrogen) atoms. The zero-order valence-electron chi connectivity index (χ0n) is 34.7. The summed E-state index contributed by atoms with van der Waals surface area (Å²) < 4.78 is 66.1. The Kier molecular flexibility index (Phi) is 11.5. The van der Waals surface area contributed by atoms with E-state index in [4.69, 9.17) is 14.5 Å². The molecule has 4 unspecified atom stereocenters. The monoisotopic (exact) mass is 868 g/mol. The molecule has 1 saturated carbocycles. The number of amides is 3. The number of nitriles is 1. The predicted octanol–water partition coefficient (Wildman–Crippen LogP) is 7.84. The van der Waals surface area contributed by atoms with Crippen molar-refractivity contribution in [2.75, 3.05) is 49.5 Å². The molecule has 324 valence electrons. The number of aryl methyl sites for hydroxylation is 1. The van der Waals surface area contributed by atoms with Crippen LogP contribution in [-0.4, -0.2) is 98.5 Å². The number of rotatable bonds is 10. The number of nitrogens with zero attached hydrogens (tertiary/aromatic N) is 8. The lowest BCUT2D eigenvalue weighted by molar-refractivity contribution is -0.120. The van der Waals surface area contributed by atoms with Gasteiger partial charge in [0, 0.05) is 81.4 Å². The first kappa shape index (κ1) is 41.9. The average Bonchev–Trinajstić information content (AvgIpc) is 3.83. The van der Waals surface area contributed by atoms with Crippen molar-refractivity contribution in [2.24, 2.45) is 7.05 Å². The second kappa shape index (κ2) is 17.0. The number of anilines is 2. The van der Waals surface area contributed by atoms with Crippen LogP contribution in [-0.2, 0) is 16.6 Å². The molecule has 4 atom stereocenters. The van der Waals surface area contributed by atoms with Gasteiger partial charge in [0.1, 0.15) is 29.4 Å². The van der Waals surface area contributed by atoms with Crippen LogP contribution in [0.5, 0.6) is 11.5 Å². The van der Waals surface area contributed by atoms with Crippen molar-refractivity contribution in [2.45, 2.75) is 81.5 Å². The molecule has 18 heteroatoms. The van der Waals surface area contributed by atoms with Crippen molar-refractivity contribution < 1.29 is 32.2 Å². The molecule has 3 aliphatic heterocycles. The second-order valence-electron chi connectivity index (χ2n) is 16.7. The number of hydrogen-bond donors (Lipinski definition) is 2. The Morgan fingerprint density at radius 2 is 1.90 bits per heavy atom. The fourth-order valence-corrected chi connectivity index (χ4v) is 9.97. The van der Waals surface area contributed by atoms with Crippen molar-refractivity contribution in [3.05, 3.63) is 77.1 Å². The van der Waals surface area contributed by atoms with Gasteiger partial charge < -0.3 is 14.2 Å². The minimum Gasteiger partial charge on any atom is -0.453 e. The number of carbonyl (C=O) groups is 2. The van der Waals surface area contributed by atoms with Gasteiger partial charge in [-0.25, -0.2) is 27.3 Å². The molecular weight excluding hydrogens is 822 g/mol. The molecule has 1 aliphatic carbocycles. The van der Waals surface area contributed by atoms with Crippen LogP contribution in [0.3, 0.4) is 0 Å². The van der Waals surface area contributed by atoms with Crippen LogP contribution in [0.25, 0.3) is 21.9 Å². The van der Waals surface area contributed by atoms with E-state index in [0.29, 0.717) is 71.5 Å². The average molecular weight is 869 g/mol. The number of piperidine rings is 1. The van der Waals surface area contributed by atoms with Gasteiger partial charge in [0.15, 0.2) is 17.4 Å². The highest BCUT2D eigenvalue weighted by molar-refractivity contribution is 7.98. The molecular formula is C44H47F3N10O4S. The number of ether oxygens (including phenoxy) is 2. The number of imide groups is 1. The molecule has 2 N–H and O–H groups in total. The Bertz CT molecular complexity index is 2600. The maximum Gasteiger partial charge on any atom is 0.329 e. The summed E-state index contributed by atoms with van der Waals surface area (Å²) in [5.74, 6) is -1.36. The number of hydrogen-bond acceptors (Lipinski definition) is 12. The number of carbonyl (C=O) groups excluding carboxylic acids is 2. The molecule has 4 aliphatic rings. The van der Waals surface area contributed by atoms with E-state index in [0.717, 1.165) is 31.5 Å². The summed E-state index contributed by atoms with van der Waals surface area (Å²) in [6.07, 6.45) is 4.45. The molecule has 4 fully saturated rings. The fraction of sp³-hybridized carbons (Fsp3) is 0.455. The van der Waals surface area contributed by atoms with Crippen molar-refractivity contribution in [3.63, 3.8) is 0 Å². The van der Waals surface area contributed by atoms with Gasteiger partial charge in [-0.15, -0.1) is 0 Å². The van der Waals surface area contributed by atoms with Crippen molar-refractivity contribution in [1.82, 2.24) is 34.3 Å². The van der Waals surface area contributed by atoms with Crippen molar-refractivity contribution >= 4 is 57.5 Å². The van der Waals surface area contributed by atoms with E-state index in [2.05, 4.69) is 31.1 Å². The third kappa shape index (κ3) is 8.02. The highest BCUT2D eigenvalue weighted by Gasteiger charge is 2.46. The molecule has 2 aromatic heterocycles. The molecule has 5 heterocycles. The molecule has 9 rings (SSSR count). The minimum atomic E-state index is -1.14. The Morgan fingerprint density at radius 3 is 2.66 bits per heavy atom. The van der Waals surface area contributed by atoms with Crippen molar-refractivity contribution in [3.8, 4) is 17.6 Å². The first-order chi connectivity index (χ1) is 29.9. The molecule has 5 aromatic rings. The maximum absolute atomic E-state index is 16.1. The van der Waals surface area contributed by atoms with E-state index in [1.54, 1.807) is 42.2 Å². The first-order valence-electron chi connectivity index (χ1n) is 21.0. The molecule has 1 spiro atoms. The summed E-state index contributed by atoms with van der Waals surface area (Å²) in [4.78, 5) is 37.4. The lowest BCUT2D eigenvalue weighted by atomic mass is 9.78. The van der Waals surface area contributed by atoms with E-state index in [9.17, 15) is 14.9 Å². The SMILES string of the molecule is CCN(C)SNc1ccc(F)c(Oc2ccc3ncc(C4COC5(CCN(C6CCC(c7cc8c(cc7F)c(N7CCC(=O)NC7=O)nn8C)CC6F)CC5)C4)nc3c2)c1C#N. The largest absolute Gasteiger partial charge is 0.453 e. The van der Waals surface area contributed by atoms with Gasteiger partial charge >= 0.3 is 6.03 Å². The van der Waals surface area contributed by atoms with Crippen LogP contribution in [0.2, 0.25) is 0 Å². The van der Waals surface area contributed by atoms with Crippen LogP contribution in [0.4, 0.5) is 29.5 Å². The highest BCUT2D eigenvalue weighted by Crippen LogP contribution is 2.45. The van der Waals surface area contributed by atoms with E-state index in [1.165, 1.54) is 35.2 Å². The van der Waals surface area contributed by atoms with Crippen LogP contribution in [0.15, 0.2) is 48.7 Å². The van der Waals surface area contributed by atoms with Gasteiger partial charge in [-0.2, -0.15) is 10.4 Å². The zero-order chi connectivity index (χ0) is 43.3. The molecule has 0 radical (unpaired) electrons. The summed E-state index contributed by atoms with van der Waals surface area (Å²) in [5.41, 5.74) is 3.21. The van der Waals surface area contributed by atoms with Crippen LogP contribution < -0.4 is 19.7 Å². The molecule has 3 aromatic carbocycles. The lowest BCUT2D eigenvalue weighted by Crippen LogP contribution is -2.52. The number of likely N-dealkylation sites (tertiary alicyclic amines) is 1. The normalized spacial score (nSPS) is 23.0. The first-order valence-corrected chi connectivity index (χ1v) is 21.8. The minimum absolute atomic E-state index is 0.000446. The predicted molar refractivity (Wildman–Crippen MR) is 229 cm³/mol. The van der Waals surface area contributed by atoms with Gasteiger partial charge in [0.05, 0.1) is 40.1 Å². The number of nitrogens with one attached hydrogen (secondary N) is 2. The Morgan fingerprint density at radius 1 is 1.08 bits per heavy atom. The summed E-state index contributed by atoms with van der Waals surface area (Å²) in [5, 5.41) is 17.2. The Labute approximate surface area is 361 Å². The van der Waals surface area contributed by atoms with Gasteiger partial charge in [-0.1, -0.05) is 6.92 Å². The van der Waals surface area contributed by atoms with Gasteiger partial charge in [0.2, 0.25) is 5.91 Å². The van der Waals surface area contributed by atoms with E-state index >= 15 is 13.2 Å². The standard InChI is InChI=1S/C44H47F3N10O4S/c1-4-54(2)62-53-34-9-7-31(45)41(30(34)22-48)61-27-6-8-35-36(18-27)50-37(23-49-35)26-21-44(60-24-26)12-15-56(16-13-44)38-10-5-25(17-33(38)47)28-20-39-29(19-32(28)46)42(52-55(39)3)57-14-11-40(58)51-43(57)59/h6-9,18-20,23,25-26,33,38,53H,4-5,10-17,21,24H2,1-3H3,(H,51,58,59). The molecule has 0 bridgehead atoms. The number of aromatic nitrogens is 4. The van der Waals surface area contributed by atoms with E-state index in [1.807, 2.05) is 18.3 Å². The topological polar surface area (TPSA) is 154 Å². The number of fused-ring (bicyclic) bond motifs is 2. The van der Waals surface area contributed by atoms with E-state index in [-0.39, 0.29) is 65.9 Å². The van der Waals surface area contributed by atoms with Crippen molar-refractivity contribution in [1.29, 1.82) is 5.26 Å². The van der Waals surface area contributed by atoms with Crippen LogP contribution in [0.1, 0.15) is 80.5 Å². The number of benzene rings is 3. The molecule has 3 amide bonds. The summed E-state index contributed by atoms with van der Waals surface area (Å²) in [6, 6.07) is 12.2. The van der Waals surface area contributed by atoms with Gasteiger partial charge in [-0.05, 0) is 93.5 Å². The summed E-state index contributed by atoms with van der Waals surface area (Å²) >= 11 is 1.30. The van der Waals surface area contributed by atoms with Gasteiger partial charge in [-0.3, -0.25) is 29.6 Å². The third-order valence-electron chi connectivity index (χ3n) is 13.0. The molecule has 3 saturated heterocycles. The fourth-order valence-electron chi connectivity index (χ4n) is 9.42. The number of urea groups is 1. The number of halogens is 3. The summed E-state index contributed by atoms with van der Waals surface area (Å²) in [7, 11) is 3.62. The van der Waals surface area contributed by atoms with E-state index < -0.39 is 23.8 Å². The van der Waals surface area contributed by atoms with Crippen LogP contribution >= 0.6 is 12.1 Å². The Hall–Kier alpha value is -5.48. The number of alkyl halides is 1. The maximum atomic E-state index is 16.1. The smallest absolute Gasteiger partial charge is 0.329 e. The van der Waals surface area contributed by atoms with Gasteiger partial charge in [0.25, 0.3) is 0 Å². The molecule has 14 nitrogen and oxygen atoms in total. The lowest BCUT2D eigenvalue weighted by Gasteiger charge is -2.45. The van der Waals surface area contributed by atoms with Crippen LogP contribution in [0, 0.1) is 23.0 Å².